The first-order valence-electron chi connectivity index (χ1n) is 9.13. The van der Waals surface area contributed by atoms with Crippen molar-refractivity contribution < 1.29 is 19.1 Å². The maximum absolute atomic E-state index is 12.2. The number of hydrogen-bond donors (Lipinski definition) is 2. The second kappa shape index (κ2) is 8.56. The molecule has 0 aromatic heterocycles. The van der Waals surface area contributed by atoms with E-state index in [0.29, 0.717) is 17.1 Å². The van der Waals surface area contributed by atoms with Crippen molar-refractivity contribution in [2.45, 2.75) is 25.8 Å². The maximum Gasteiger partial charge on any atom is 0.313 e. The lowest BCUT2D eigenvalue weighted by molar-refractivity contribution is -0.136. The summed E-state index contributed by atoms with van der Waals surface area (Å²) in [5.74, 6) is -1.07. The van der Waals surface area contributed by atoms with Crippen molar-refractivity contribution in [3.05, 3.63) is 54.1 Å². The van der Waals surface area contributed by atoms with E-state index < -0.39 is 11.8 Å². The largest absolute Gasteiger partial charge is 0.482 e. The van der Waals surface area contributed by atoms with E-state index in [1.807, 2.05) is 37.3 Å². The van der Waals surface area contributed by atoms with E-state index in [1.54, 1.807) is 25.2 Å². The van der Waals surface area contributed by atoms with Crippen LogP contribution in [0.2, 0.25) is 0 Å². The van der Waals surface area contributed by atoms with Gasteiger partial charge in [-0.1, -0.05) is 30.3 Å². The molecule has 28 heavy (non-hydrogen) atoms. The average molecular weight is 381 g/mol. The number of anilines is 2. The Labute approximate surface area is 163 Å². The minimum Gasteiger partial charge on any atom is -0.482 e. The van der Waals surface area contributed by atoms with Gasteiger partial charge in [-0.2, -0.15) is 0 Å². The molecule has 2 aromatic rings. The normalized spacial score (nSPS) is 13.9. The van der Waals surface area contributed by atoms with Crippen molar-refractivity contribution in [1.29, 1.82) is 0 Å². The summed E-state index contributed by atoms with van der Waals surface area (Å²) in [7, 11) is 1.64. The molecule has 1 atom stereocenters. The van der Waals surface area contributed by atoms with Gasteiger partial charge in [-0.3, -0.25) is 14.4 Å². The van der Waals surface area contributed by atoms with Gasteiger partial charge in [-0.05, 0) is 43.5 Å². The molecule has 0 spiro atoms. The van der Waals surface area contributed by atoms with Crippen LogP contribution in [0, 0.1) is 0 Å². The molecule has 0 aliphatic carbocycles. The van der Waals surface area contributed by atoms with Crippen LogP contribution in [0.15, 0.2) is 48.5 Å². The van der Waals surface area contributed by atoms with Crippen molar-refractivity contribution in [3.63, 3.8) is 0 Å². The Hall–Kier alpha value is -3.35. The second-order valence-corrected chi connectivity index (χ2v) is 6.78. The van der Waals surface area contributed by atoms with Crippen LogP contribution in [0.25, 0.3) is 0 Å². The maximum atomic E-state index is 12.2. The van der Waals surface area contributed by atoms with E-state index in [-0.39, 0.29) is 18.6 Å². The van der Waals surface area contributed by atoms with Crippen LogP contribution in [-0.2, 0) is 20.8 Å². The van der Waals surface area contributed by atoms with Gasteiger partial charge >= 0.3 is 11.8 Å². The van der Waals surface area contributed by atoms with E-state index in [9.17, 15) is 14.4 Å². The molecule has 3 rings (SSSR count). The Morgan fingerprint density at radius 3 is 2.64 bits per heavy atom. The fourth-order valence-corrected chi connectivity index (χ4v) is 2.93. The Bertz CT molecular complexity index is 882. The Balaban J connectivity index is 1.54. The lowest BCUT2D eigenvalue weighted by atomic mass is 10.1. The zero-order valence-corrected chi connectivity index (χ0v) is 15.9. The van der Waals surface area contributed by atoms with Crippen molar-refractivity contribution in [2.24, 2.45) is 0 Å². The van der Waals surface area contributed by atoms with Gasteiger partial charge in [-0.25, -0.2) is 0 Å². The van der Waals surface area contributed by atoms with Crippen molar-refractivity contribution in [3.8, 4) is 5.75 Å². The molecule has 1 heterocycles. The highest BCUT2D eigenvalue weighted by Crippen LogP contribution is 2.33. The number of amides is 3. The van der Waals surface area contributed by atoms with Crippen LogP contribution < -0.4 is 20.3 Å². The summed E-state index contributed by atoms with van der Waals surface area (Å²) in [5.41, 5.74) is 2.15. The molecule has 0 radical (unpaired) electrons. The predicted molar refractivity (Wildman–Crippen MR) is 106 cm³/mol. The number of carbonyl (C=O) groups excluding carboxylic acids is 3. The van der Waals surface area contributed by atoms with Gasteiger partial charge in [0.05, 0.1) is 5.69 Å². The summed E-state index contributed by atoms with van der Waals surface area (Å²) >= 11 is 0. The number of fused-ring (bicyclic) bond motifs is 1. The summed E-state index contributed by atoms with van der Waals surface area (Å²) in [6.45, 7) is 1.85. The highest BCUT2D eigenvalue weighted by Gasteiger charge is 2.23. The van der Waals surface area contributed by atoms with E-state index in [0.717, 1.165) is 12.8 Å². The summed E-state index contributed by atoms with van der Waals surface area (Å²) in [6.07, 6.45) is 1.54. The average Bonchev–Trinajstić information content (AvgIpc) is 2.70. The Morgan fingerprint density at radius 1 is 1.14 bits per heavy atom. The van der Waals surface area contributed by atoms with Crippen LogP contribution in [0.1, 0.15) is 18.9 Å². The first kappa shape index (κ1) is 19.4. The Morgan fingerprint density at radius 2 is 1.89 bits per heavy atom. The molecule has 7 nitrogen and oxygen atoms in total. The number of rotatable bonds is 5. The first-order chi connectivity index (χ1) is 13.4. The molecular weight excluding hydrogens is 358 g/mol. The number of ether oxygens (including phenoxy) is 1. The highest BCUT2D eigenvalue weighted by atomic mass is 16.5. The molecule has 146 valence electrons. The number of likely N-dealkylation sites (N-methyl/N-ethyl adjacent to an activating group) is 1. The second-order valence-electron chi connectivity index (χ2n) is 6.78. The van der Waals surface area contributed by atoms with Gasteiger partial charge in [0.25, 0.3) is 5.91 Å². The molecule has 3 amide bonds. The van der Waals surface area contributed by atoms with E-state index >= 15 is 0 Å². The third-order valence-corrected chi connectivity index (χ3v) is 4.60. The topological polar surface area (TPSA) is 87.7 Å². The van der Waals surface area contributed by atoms with Gasteiger partial charge in [0.15, 0.2) is 6.61 Å². The monoisotopic (exact) mass is 381 g/mol. The first-order valence-corrected chi connectivity index (χ1v) is 9.13. The van der Waals surface area contributed by atoms with Crippen LogP contribution in [0.4, 0.5) is 11.4 Å². The quantitative estimate of drug-likeness (QED) is 0.777. The molecule has 7 heteroatoms. The van der Waals surface area contributed by atoms with Gasteiger partial charge in [-0.15, -0.1) is 0 Å². The van der Waals surface area contributed by atoms with Crippen LogP contribution in [-0.4, -0.2) is 37.4 Å². The summed E-state index contributed by atoms with van der Waals surface area (Å²) in [4.78, 5) is 37.6. The number of carbonyl (C=O) groups is 3. The molecule has 1 aliphatic heterocycles. The molecule has 0 fully saturated rings. The lowest BCUT2D eigenvalue weighted by Gasteiger charge is -2.26. The zero-order valence-electron chi connectivity index (χ0n) is 15.9. The minimum absolute atomic E-state index is 0.0154. The molecule has 2 N–H and O–H groups in total. The molecular formula is C21H23N3O4. The highest BCUT2D eigenvalue weighted by molar-refractivity contribution is 6.39. The van der Waals surface area contributed by atoms with Crippen LogP contribution in [0.3, 0.4) is 0 Å². The Kier molecular flexibility index (Phi) is 5.93. The molecule has 0 saturated heterocycles. The van der Waals surface area contributed by atoms with E-state index in [2.05, 4.69) is 10.6 Å². The van der Waals surface area contributed by atoms with Crippen LogP contribution in [0.5, 0.6) is 5.75 Å². The molecule has 0 saturated carbocycles. The number of benzene rings is 2. The minimum atomic E-state index is -0.753. The number of nitrogens with zero attached hydrogens (tertiary/aromatic N) is 1. The summed E-state index contributed by atoms with van der Waals surface area (Å²) in [6, 6.07) is 14.7. The van der Waals surface area contributed by atoms with Gasteiger partial charge in [0, 0.05) is 18.8 Å². The third kappa shape index (κ3) is 4.68. The summed E-state index contributed by atoms with van der Waals surface area (Å²) < 4.78 is 5.35. The predicted octanol–water partition coefficient (Wildman–Crippen LogP) is 2.12. The number of nitrogens with one attached hydrogen (secondary N) is 2. The smallest absolute Gasteiger partial charge is 0.313 e. The third-order valence-electron chi connectivity index (χ3n) is 4.60. The fourth-order valence-electron chi connectivity index (χ4n) is 2.93. The van der Waals surface area contributed by atoms with Gasteiger partial charge in [0.2, 0.25) is 0 Å². The molecule has 0 bridgehead atoms. The molecule has 2 aromatic carbocycles. The summed E-state index contributed by atoms with van der Waals surface area (Å²) in [5, 5.41) is 5.27. The number of aryl methyl sites for hydroxylation is 1. The van der Waals surface area contributed by atoms with Crippen molar-refractivity contribution in [1.82, 2.24) is 5.32 Å². The van der Waals surface area contributed by atoms with E-state index in [4.69, 9.17) is 4.74 Å². The number of hydrogen-bond acceptors (Lipinski definition) is 4. The van der Waals surface area contributed by atoms with Crippen LogP contribution >= 0.6 is 0 Å². The molecule has 1 aliphatic rings. The molecule has 0 unspecified atom stereocenters. The standard InChI is InChI=1S/C21H23N3O4/c1-14(8-9-15-6-4-3-5-7-15)22-20(26)21(27)23-16-10-11-18-17(12-16)24(2)19(25)13-28-18/h3-7,10-12,14H,8-9,13H2,1-2H3,(H,22,26)(H,23,27)/t14-/m1/s1. The zero-order chi connectivity index (χ0) is 20.1. The van der Waals surface area contributed by atoms with Crippen molar-refractivity contribution >= 4 is 29.1 Å². The van der Waals surface area contributed by atoms with Crippen molar-refractivity contribution in [2.75, 3.05) is 23.9 Å². The van der Waals surface area contributed by atoms with E-state index in [1.165, 1.54) is 10.5 Å². The van der Waals surface area contributed by atoms with Gasteiger partial charge in [0.1, 0.15) is 5.75 Å². The van der Waals surface area contributed by atoms with Gasteiger partial charge < -0.3 is 20.3 Å². The fraction of sp³-hybridized carbons (Fsp3) is 0.286. The lowest BCUT2D eigenvalue weighted by Crippen LogP contribution is -2.40. The SMILES string of the molecule is C[C@H](CCc1ccccc1)NC(=O)C(=O)Nc1ccc2c(c1)N(C)C(=O)CO2.